The second kappa shape index (κ2) is 10.8. The fourth-order valence-electron chi connectivity index (χ4n) is 4.39. The molecule has 2 N–H and O–H groups in total. The van der Waals surface area contributed by atoms with Gasteiger partial charge < -0.3 is 25.0 Å². The summed E-state index contributed by atoms with van der Waals surface area (Å²) in [6, 6.07) is 11.5. The first kappa shape index (κ1) is 25.1. The van der Waals surface area contributed by atoms with Crippen molar-refractivity contribution in [3.05, 3.63) is 73.3 Å². The minimum absolute atomic E-state index is 0.0135. The molecule has 0 bridgehead atoms. The zero-order valence-electron chi connectivity index (χ0n) is 21.1. The highest BCUT2D eigenvalue weighted by Crippen LogP contribution is 2.39. The number of carbonyl (C=O) groups is 1. The minimum Gasteiger partial charge on any atom is -0.494 e. The van der Waals surface area contributed by atoms with Gasteiger partial charge in [-0.3, -0.25) is 9.78 Å². The van der Waals surface area contributed by atoms with Gasteiger partial charge in [-0.25, -0.2) is 14.4 Å². The molecule has 1 aliphatic rings. The monoisotopic (exact) mass is 514 g/mol. The SMILES string of the molecule is C=CC(=O)Nc1cc(Nc2ncc3nccc(-c4cccc(F)c4)c3n2)c(OC)cc1OC1CCN(C)C1. The first-order valence-corrected chi connectivity index (χ1v) is 12.1. The zero-order valence-corrected chi connectivity index (χ0v) is 21.1. The molecule has 9 nitrogen and oxygen atoms in total. The van der Waals surface area contributed by atoms with Crippen LogP contribution in [0.5, 0.6) is 11.5 Å². The lowest BCUT2D eigenvalue weighted by Crippen LogP contribution is -2.22. The summed E-state index contributed by atoms with van der Waals surface area (Å²) >= 11 is 0. The number of benzene rings is 2. The van der Waals surface area contributed by atoms with Gasteiger partial charge in [0.15, 0.2) is 0 Å². The number of pyridine rings is 1. The zero-order chi connectivity index (χ0) is 26.6. The van der Waals surface area contributed by atoms with Crippen molar-refractivity contribution < 1.29 is 18.7 Å². The number of methoxy groups -OCH3 is 1. The van der Waals surface area contributed by atoms with Crippen LogP contribution in [0.2, 0.25) is 0 Å². The van der Waals surface area contributed by atoms with Crippen molar-refractivity contribution in [3.8, 4) is 22.6 Å². The summed E-state index contributed by atoms with van der Waals surface area (Å²) in [5, 5.41) is 5.99. The number of halogens is 1. The summed E-state index contributed by atoms with van der Waals surface area (Å²) in [5.41, 5.74) is 3.48. The summed E-state index contributed by atoms with van der Waals surface area (Å²) in [6.07, 6.45) is 5.28. The number of likely N-dealkylation sites (tertiary alicyclic amines) is 1. The molecule has 5 rings (SSSR count). The lowest BCUT2D eigenvalue weighted by atomic mass is 10.1. The molecule has 1 atom stereocenters. The second-order valence-corrected chi connectivity index (χ2v) is 8.95. The molecule has 1 saturated heterocycles. The highest BCUT2D eigenvalue weighted by molar-refractivity contribution is 6.00. The van der Waals surface area contributed by atoms with Crippen molar-refractivity contribution in [3.63, 3.8) is 0 Å². The summed E-state index contributed by atoms with van der Waals surface area (Å²) in [7, 11) is 3.58. The molecule has 1 unspecified atom stereocenters. The molecule has 0 spiro atoms. The Hall–Kier alpha value is -4.57. The summed E-state index contributed by atoms with van der Waals surface area (Å²) in [4.78, 5) is 27.8. The standard InChI is InChI=1S/C28H27FN6O3/c1-4-26(36)32-22-13-21(24(37-3)14-25(22)38-19-9-11-35(2)16-19)33-28-31-15-23-27(34-28)20(8-10-30-23)17-6-5-7-18(29)12-17/h4-8,10,12-15,19H,1,9,11,16H2,2-3H3,(H,32,36)(H,31,33,34). The van der Waals surface area contributed by atoms with Crippen LogP contribution in [0.4, 0.5) is 21.7 Å². The van der Waals surface area contributed by atoms with Crippen molar-refractivity contribution in [2.75, 3.05) is 37.9 Å². The molecule has 194 valence electrons. The van der Waals surface area contributed by atoms with Gasteiger partial charge in [0.05, 0.1) is 24.7 Å². The molecule has 1 aliphatic heterocycles. The van der Waals surface area contributed by atoms with Gasteiger partial charge in [0, 0.05) is 30.9 Å². The van der Waals surface area contributed by atoms with Crippen LogP contribution in [-0.4, -0.2) is 59.1 Å². The van der Waals surface area contributed by atoms with Crippen LogP contribution in [0, 0.1) is 5.82 Å². The molecule has 3 heterocycles. The molecule has 10 heteroatoms. The number of nitrogens with zero attached hydrogens (tertiary/aromatic N) is 4. The fraction of sp³-hybridized carbons (Fsp3) is 0.214. The van der Waals surface area contributed by atoms with E-state index in [2.05, 4.69) is 37.1 Å². The molecule has 0 saturated carbocycles. The smallest absolute Gasteiger partial charge is 0.247 e. The number of hydrogen-bond acceptors (Lipinski definition) is 8. The molecular weight excluding hydrogens is 487 g/mol. The molecule has 0 aliphatic carbocycles. The number of anilines is 3. The number of aromatic nitrogens is 3. The van der Waals surface area contributed by atoms with Gasteiger partial charge in [-0.15, -0.1) is 0 Å². The predicted octanol–water partition coefficient (Wildman–Crippen LogP) is 4.79. The van der Waals surface area contributed by atoms with Crippen LogP contribution in [0.1, 0.15) is 6.42 Å². The third-order valence-electron chi connectivity index (χ3n) is 6.25. The number of carbonyl (C=O) groups excluding carboxylic acids is 1. The average molecular weight is 515 g/mol. The Kier molecular flexibility index (Phi) is 7.14. The van der Waals surface area contributed by atoms with E-state index in [1.165, 1.54) is 18.2 Å². The maximum Gasteiger partial charge on any atom is 0.247 e. The number of fused-ring (bicyclic) bond motifs is 1. The maximum atomic E-state index is 13.9. The Morgan fingerprint density at radius 2 is 2.05 bits per heavy atom. The van der Waals surface area contributed by atoms with Crippen molar-refractivity contribution in [1.29, 1.82) is 0 Å². The minimum atomic E-state index is -0.373. The lowest BCUT2D eigenvalue weighted by molar-refractivity contribution is -0.111. The van der Waals surface area contributed by atoms with E-state index in [1.54, 1.807) is 43.8 Å². The topological polar surface area (TPSA) is 102 Å². The van der Waals surface area contributed by atoms with Gasteiger partial charge >= 0.3 is 0 Å². The average Bonchev–Trinajstić information content (AvgIpc) is 3.33. The molecule has 2 aromatic heterocycles. The van der Waals surface area contributed by atoms with Crippen LogP contribution >= 0.6 is 0 Å². The summed E-state index contributed by atoms with van der Waals surface area (Å²) < 4.78 is 25.8. The number of likely N-dealkylation sites (N-methyl/N-ethyl adjacent to an activating group) is 1. The fourth-order valence-corrected chi connectivity index (χ4v) is 4.39. The Morgan fingerprint density at radius 3 is 2.79 bits per heavy atom. The highest BCUT2D eigenvalue weighted by atomic mass is 19.1. The number of amides is 1. The first-order valence-electron chi connectivity index (χ1n) is 12.1. The molecular formula is C28H27FN6O3. The number of hydrogen-bond donors (Lipinski definition) is 2. The van der Waals surface area contributed by atoms with Crippen molar-refractivity contribution in [2.45, 2.75) is 12.5 Å². The molecule has 0 radical (unpaired) electrons. The molecule has 2 aromatic carbocycles. The van der Waals surface area contributed by atoms with Gasteiger partial charge in [-0.1, -0.05) is 18.7 Å². The Morgan fingerprint density at radius 1 is 1.18 bits per heavy atom. The Labute approximate surface area is 219 Å². The van der Waals surface area contributed by atoms with Crippen molar-refractivity contribution in [1.82, 2.24) is 19.9 Å². The molecule has 4 aromatic rings. The van der Waals surface area contributed by atoms with Crippen molar-refractivity contribution in [2.24, 2.45) is 0 Å². The molecule has 38 heavy (non-hydrogen) atoms. The molecule has 1 amide bonds. The number of nitrogens with one attached hydrogen (secondary N) is 2. The summed E-state index contributed by atoms with van der Waals surface area (Å²) in [6.45, 7) is 5.26. The van der Waals surface area contributed by atoms with Gasteiger partial charge in [0.1, 0.15) is 34.5 Å². The number of ether oxygens (including phenoxy) is 2. The van der Waals surface area contributed by atoms with Crippen LogP contribution in [-0.2, 0) is 4.79 Å². The van der Waals surface area contributed by atoms with Crippen LogP contribution in [0.25, 0.3) is 22.2 Å². The van der Waals surface area contributed by atoms with Crippen molar-refractivity contribution >= 4 is 34.3 Å². The highest BCUT2D eigenvalue weighted by Gasteiger charge is 2.24. The third-order valence-corrected chi connectivity index (χ3v) is 6.25. The van der Waals surface area contributed by atoms with Gasteiger partial charge in [0.25, 0.3) is 0 Å². The quantitative estimate of drug-likeness (QED) is 0.324. The van der Waals surface area contributed by atoms with Gasteiger partial charge in [-0.05, 0) is 49.4 Å². The van der Waals surface area contributed by atoms with E-state index in [4.69, 9.17) is 9.47 Å². The maximum absolute atomic E-state index is 13.9. The van der Waals surface area contributed by atoms with Crippen LogP contribution < -0.4 is 20.1 Å². The first-order chi connectivity index (χ1) is 18.4. The Bertz CT molecular complexity index is 1510. The molecule has 1 fully saturated rings. The lowest BCUT2D eigenvalue weighted by Gasteiger charge is -2.20. The van der Waals surface area contributed by atoms with Gasteiger partial charge in [-0.2, -0.15) is 0 Å². The normalized spacial score (nSPS) is 15.3. The van der Waals surface area contributed by atoms with E-state index in [-0.39, 0.29) is 23.8 Å². The van der Waals surface area contributed by atoms with E-state index in [9.17, 15) is 9.18 Å². The van der Waals surface area contributed by atoms with E-state index >= 15 is 0 Å². The van der Waals surface area contributed by atoms with Crippen LogP contribution in [0.3, 0.4) is 0 Å². The van der Waals surface area contributed by atoms with Crippen LogP contribution in [0.15, 0.2) is 67.5 Å². The number of rotatable bonds is 8. The van der Waals surface area contributed by atoms with E-state index in [1.807, 2.05) is 13.1 Å². The third kappa shape index (κ3) is 5.40. The van der Waals surface area contributed by atoms with E-state index in [0.29, 0.717) is 39.5 Å². The predicted molar refractivity (Wildman–Crippen MR) is 144 cm³/mol. The Balaban J connectivity index is 1.52. The second-order valence-electron chi connectivity index (χ2n) is 8.95. The summed E-state index contributed by atoms with van der Waals surface area (Å²) in [5.74, 6) is 0.518. The van der Waals surface area contributed by atoms with E-state index < -0.39 is 0 Å². The van der Waals surface area contributed by atoms with Gasteiger partial charge in [0.2, 0.25) is 11.9 Å². The largest absolute Gasteiger partial charge is 0.494 e. The van der Waals surface area contributed by atoms with E-state index in [0.717, 1.165) is 25.1 Å².